The van der Waals surface area contributed by atoms with Crippen LogP contribution in [0, 0.1) is 11.8 Å². The van der Waals surface area contributed by atoms with Gasteiger partial charge in [-0.2, -0.15) is 16.8 Å². The summed E-state index contributed by atoms with van der Waals surface area (Å²) in [6.07, 6.45) is 0. The van der Waals surface area contributed by atoms with E-state index in [9.17, 15) is 34.2 Å². The Kier molecular flexibility index (Phi) is 10.8. The summed E-state index contributed by atoms with van der Waals surface area (Å²) in [5.41, 5.74) is 0.433. The summed E-state index contributed by atoms with van der Waals surface area (Å²) in [6, 6.07) is 9.59. The van der Waals surface area contributed by atoms with E-state index in [1.165, 1.54) is 24.3 Å². The maximum Gasteiger partial charge on any atom is 0.332 e. The van der Waals surface area contributed by atoms with Gasteiger partial charge in [0.1, 0.15) is 0 Å². The minimum Gasteiger partial charge on any atom is -0.352 e. The number of hydrogen-bond acceptors (Lipinski definition) is 6. The first kappa shape index (κ1) is 29.2. The predicted molar refractivity (Wildman–Crippen MR) is 124 cm³/mol. The van der Waals surface area contributed by atoms with Crippen LogP contribution < -0.4 is 10.6 Å². The SMILES string of the molecule is CC(C)CNC(=O)c1ccc(S(=O)(=O)F)cc1.CC(C)CNC(=O)c1cccc(S(=O)(=O)F)c1. The Balaban J connectivity index is 0.000000340. The molecule has 2 aromatic rings. The molecule has 0 saturated carbocycles. The van der Waals surface area contributed by atoms with Gasteiger partial charge in [-0.25, -0.2) is 0 Å². The maximum atomic E-state index is 12.7. The normalized spacial score (nSPS) is 11.5. The van der Waals surface area contributed by atoms with E-state index < -0.39 is 36.1 Å². The van der Waals surface area contributed by atoms with Crippen LogP contribution in [-0.4, -0.2) is 41.7 Å². The summed E-state index contributed by atoms with van der Waals surface area (Å²) in [6.45, 7) is 8.79. The van der Waals surface area contributed by atoms with Crippen molar-refractivity contribution in [3.05, 3.63) is 59.7 Å². The highest BCUT2D eigenvalue weighted by Gasteiger charge is 2.15. The number of amides is 2. The van der Waals surface area contributed by atoms with Crippen molar-refractivity contribution in [2.24, 2.45) is 11.8 Å². The van der Waals surface area contributed by atoms with Crippen LogP contribution in [0.15, 0.2) is 58.3 Å². The van der Waals surface area contributed by atoms with Gasteiger partial charge in [0.25, 0.3) is 11.8 Å². The quantitative estimate of drug-likeness (QED) is 0.516. The second-order valence-electron chi connectivity index (χ2n) is 8.14. The van der Waals surface area contributed by atoms with Crippen LogP contribution in [0.25, 0.3) is 0 Å². The number of rotatable bonds is 8. The van der Waals surface area contributed by atoms with Crippen molar-refractivity contribution in [2.75, 3.05) is 13.1 Å². The van der Waals surface area contributed by atoms with E-state index in [2.05, 4.69) is 10.6 Å². The average Bonchev–Trinajstić information content (AvgIpc) is 2.75. The Morgan fingerprint density at radius 2 is 1.15 bits per heavy atom. The Morgan fingerprint density at radius 1 is 0.706 bits per heavy atom. The summed E-state index contributed by atoms with van der Waals surface area (Å²) < 4.78 is 67.8. The molecule has 0 radical (unpaired) electrons. The van der Waals surface area contributed by atoms with Gasteiger partial charge in [-0.05, 0) is 54.3 Å². The first-order valence-electron chi connectivity index (χ1n) is 10.3. The zero-order valence-corrected chi connectivity index (χ0v) is 20.8. The van der Waals surface area contributed by atoms with Crippen LogP contribution >= 0.6 is 0 Å². The van der Waals surface area contributed by atoms with Gasteiger partial charge >= 0.3 is 20.4 Å². The van der Waals surface area contributed by atoms with Crippen LogP contribution in [0.4, 0.5) is 7.77 Å². The summed E-state index contributed by atoms with van der Waals surface area (Å²) in [5.74, 6) is -0.109. The van der Waals surface area contributed by atoms with Gasteiger partial charge < -0.3 is 10.6 Å². The standard InChI is InChI=1S/2C11H14FNO3S/c1-8(2)7-13-11(14)9-3-5-10(6-4-9)17(12,15)16;1-8(2)7-13-11(14)9-4-3-5-10(6-9)17(12,15)16/h2*3-6,8H,7H2,1-2H3,(H,13,14). The van der Waals surface area contributed by atoms with Crippen molar-refractivity contribution in [1.29, 1.82) is 0 Å². The van der Waals surface area contributed by atoms with Gasteiger partial charge in [0, 0.05) is 24.2 Å². The van der Waals surface area contributed by atoms with Crippen molar-refractivity contribution in [2.45, 2.75) is 37.5 Å². The van der Waals surface area contributed by atoms with Crippen molar-refractivity contribution in [3.63, 3.8) is 0 Å². The van der Waals surface area contributed by atoms with Gasteiger partial charge in [0.05, 0.1) is 9.79 Å². The molecule has 2 rings (SSSR count). The van der Waals surface area contributed by atoms with Gasteiger partial charge in [-0.1, -0.05) is 33.8 Å². The first-order chi connectivity index (χ1) is 15.6. The fourth-order valence-electron chi connectivity index (χ4n) is 2.36. The van der Waals surface area contributed by atoms with Gasteiger partial charge in [0.15, 0.2) is 0 Å². The Morgan fingerprint density at radius 3 is 1.56 bits per heavy atom. The summed E-state index contributed by atoms with van der Waals surface area (Å²) >= 11 is 0. The first-order valence-corrected chi connectivity index (χ1v) is 13.0. The highest BCUT2D eigenvalue weighted by molar-refractivity contribution is 7.86. The molecule has 8 nitrogen and oxygen atoms in total. The third-order valence-corrected chi connectivity index (χ3v) is 5.77. The van der Waals surface area contributed by atoms with Crippen molar-refractivity contribution in [1.82, 2.24) is 10.6 Å². The van der Waals surface area contributed by atoms with E-state index in [0.717, 1.165) is 24.3 Å². The predicted octanol–water partition coefficient (Wildman–Crippen LogP) is 3.46. The number of benzene rings is 2. The molecule has 0 fully saturated rings. The third kappa shape index (κ3) is 10.4. The molecule has 2 amide bonds. The van der Waals surface area contributed by atoms with Gasteiger partial charge in [-0.3, -0.25) is 9.59 Å². The molecule has 0 aliphatic carbocycles. The lowest BCUT2D eigenvalue weighted by atomic mass is 10.2. The largest absolute Gasteiger partial charge is 0.352 e. The van der Waals surface area contributed by atoms with Crippen molar-refractivity contribution in [3.8, 4) is 0 Å². The van der Waals surface area contributed by atoms with Crippen LogP contribution in [0.1, 0.15) is 48.4 Å². The summed E-state index contributed by atoms with van der Waals surface area (Å²) in [7, 11) is -9.47. The molecule has 0 spiro atoms. The molecule has 0 aliphatic rings. The third-order valence-electron chi connectivity index (χ3n) is 4.12. The topological polar surface area (TPSA) is 126 Å². The zero-order valence-electron chi connectivity index (χ0n) is 19.2. The van der Waals surface area contributed by atoms with Crippen LogP contribution in [0.2, 0.25) is 0 Å². The lowest BCUT2D eigenvalue weighted by Crippen LogP contribution is -2.27. The Bertz CT molecular complexity index is 1200. The van der Waals surface area contributed by atoms with Crippen molar-refractivity contribution >= 4 is 32.3 Å². The van der Waals surface area contributed by atoms with E-state index in [0.29, 0.717) is 24.6 Å². The molecule has 0 saturated heterocycles. The lowest BCUT2D eigenvalue weighted by molar-refractivity contribution is 0.0941. The number of carbonyl (C=O) groups is 2. The Hall–Kier alpha value is -2.86. The maximum absolute atomic E-state index is 12.7. The highest BCUT2D eigenvalue weighted by atomic mass is 32.3. The van der Waals surface area contributed by atoms with Gasteiger partial charge in [0.2, 0.25) is 0 Å². The molecule has 0 bridgehead atoms. The summed E-state index contributed by atoms with van der Waals surface area (Å²) in [5, 5.41) is 5.30. The van der Waals surface area contributed by atoms with Crippen molar-refractivity contribution < 1.29 is 34.2 Å². The molecule has 2 N–H and O–H groups in total. The molecule has 0 unspecified atom stereocenters. The van der Waals surface area contributed by atoms with Crippen LogP contribution in [-0.2, 0) is 20.4 Å². The number of hydrogen-bond donors (Lipinski definition) is 2. The summed E-state index contributed by atoms with van der Waals surface area (Å²) in [4.78, 5) is 22.2. The number of halogens is 2. The molecule has 0 heterocycles. The fraction of sp³-hybridized carbons (Fsp3) is 0.364. The molecule has 34 heavy (non-hydrogen) atoms. The molecule has 188 valence electrons. The van der Waals surface area contributed by atoms with Crippen LogP contribution in [0.3, 0.4) is 0 Å². The molecule has 0 aromatic heterocycles. The number of carbonyl (C=O) groups excluding carboxylic acids is 2. The minimum absolute atomic E-state index is 0.129. The van der Waals surface area contributed by atoms with E-state index in [1.54, 1.807) is 0 Å². The molecule has 0 aliphatic heterocycles. The smallest absolute Gasteiger partial charge is 0.332 e. The van der Waals surface area contributed by atoms with E-state index in [-0.39, 0.29) is 17.4 Å². The fourth-order valence-corrected chi connectivity index (χ4v) is 3.33. The van der Waals surface area contributed by atoms with E-state index in [1.807, 2.05) is 27.7 Å². The molecule has 2 aromatic carbocycles. The molecular formula is C22H28F2N2O6S2. The minimum atomic E-state index is -4.77. The number of nitrogens with one attached hydrogen (secondary N) is 2. The molecule has 12 heteroatoms. The second kappa shape index (κ2) is 12.6. The van der Waals surface area contributed by atoms with E-state index >= 15 is 0 Å². The molecule has 0 atom stereocenters. The van der Waals surface area contributed by atoms with Crippen LogP contribution in [0.5, 0.6) is 0 Å². The average molecular weight is 519 g/mol. The van der Waals surface area contributed by atoms with E-state index in [4.69, 9.17) is 0 Å². The monoisotopic (exact) mass is 518 g/mol. The lowest BCUT2D eigenvalue weighted by Gasteiger charge is -2.07. The zero-order chi connectivity index (χ0) is 26.1. The highest BCUT2D eigenvalue weighted by Crippen LogP contribution is 2.14. The Labute approximate surface area is 199 Å². The second-order valence-corrected chi connectivity index (χ2v) is 10.8. The van der Waals surface area contributed by atoms with Gasteiger partial charge in [-0.15, -0.1) is 7.77 Å². The molecular weight excluding hydrogens is 490 g/mol.